The van der Waals surface area contributed by atoms with Gasteiger partial charge in [0.15, 0.2) is 0 Å². The Morgan fingerprint density at radius 3 is 1.90 bits per heavy atom. The van der Waals surface area contributed by atoms with Crippen molar-refractivity contribution in [3.8, 4) is 0 Å². The maximum atomic E-state index is 4.01. The molecule has 0 bridgehead atoms. The molecule has 0 aromatic carbocycles. The van der Waals surface area contributed by atoms with E-state index in [1.807, 2.05) is 7.05 Å². The molecule has 0 aliphatic heterocycles. The Labute approximate surface area is 80.2 Å². The largest absolute Gasteiger partial charge is 2.00 e. The Morgan fingerprint density at radius 1 is 1.40 bits per heavy atom. The molecule has 0 fully saturated rings. The van der Waals surface area contributed by atoms with E-state index in [2.05, 4.69) is 26.1 Å². The topological polar surface area (TPSA) is 14.1 Å². The molecule has 0 saturated heterocycles. The van der Waals surface area contributed by atoms with Gasteiger partial charge in [0.05, 0.1) is 0 Å². The van der Waals surface area contributed by atoms with Crippen LogP contribution in [0.25, 0.3) is 5.32 Å². The standard InChI is InChI=1S/C6H14N.C2H5.W/c1-4-6(2)5-7-3;1-2;/h6H,4-5H2,1-3H3;1H2,2H3;/q2*-1;+2. The fourth-order valence-corrected chi connectivity index (χ4v) is 0.441. The summed E-state index contributed by atoms with van der Waals surface area (Å²) in [5.41, 5.74) is 0. The minimum absolute atomic E-state index is 0. The van der Waals surface area contributed by atoms with Gasteiger partial charge in [-0.05, 0) is 0 Å². The fourth-order valence-electron chi connectivity index (χ4n) is 0.441. The Bertz CT molecular complexity index is 40.2. The van der Waals surface area contributed by atoms with E-state index in [4.69, 9.17) is 0 Å². The van der Waals surface area contributed by atoms with Crippen molar-refractivity contribution in [1.82, 2.24) is 0 Å². The van der Waals surface area contributed by atoms with Crippen LogP contribution in [0.3, 0.4) is 0 Å². The third-order valence-corrected chi connectivity index (χ3v) is 1.19. The van der Waals surface area contributed by atoms with Gasteiger partial charge in [-0.3, -0.25) is 0 Å². The van der Waals surface area contributed by atoms with Crippen molar-refractivity contribution >= 4 is 0 Å². The molecule has 10 heavy (non-hydrogen) atoms. The van der Waals surface area contributed by atoms with Crippen LogP contribution in [0, 0.1) is 12.8 Å². The van der Waals surface area contributed by atoms with Crippen molar-refractivity contribution in [1.29, 1.82) is 0 Å². The zero-order chi connectivity index (χ0) is 7.70. The van der Waals surface area contributed by atoms with E-state index in [1.165, 1.54) is 6.42 Å². The summed E-state index contributed by atoms with van der Waals surface area (Å²) >= 11 is 0. The maximum Gasteiger partial charge on any atom is 2.00 e. The van der Waals surface area contributed by atoms with Crippen molar-refractivity contribution in [2.24, 2.45) is 5.92 Å². The summed E-state index contributed by atoms with van der Waals surface area (Å²) in [6.45, 7) is 10.4. The van der Waals surface area contributed by atoms with Crippen molar-refractivity contribution in [3.63, 3.8) is 0 Å². The molecule has 0 saturated carbocycles. The molecular formula is C8H19NW. The van der Waals surface area contributed by atoms with Crippen LogP contribution in [0.5, 0.6) is 0 Å². The summed E-state index contributed by atoms with van der Waals surface area (Å²) < 4.78 is 0. The summed E-state index contributed by atoms with van der Waals surface area (Å²) in [5, 5.41) is 4.01. The molecule has 0 radical (unpaired) electrons. The van der Waals surface area contributed by atoms with Gasteiger partial charge in [-0.1, -0.05) is 26.2 Å². The van der Waals surface area contributed by atoms with Crippen molar-refractivity contribution in [3.05, 3.63) is 12.2 Å². The van der Waals surface area contributed by atoms with Gasteiger partial charge < -0.3 is 12.2 Å². The normalized spacial score (nSPS) is 10.5. The first-order valence-electron chi connectivity index (χ1n) is 3.57. The molecule has 1 unspecified atom stereocenters. The Morgan fingerprint density at radius 2 is 1.80 bits per heavy atom. The summed E-state index contributed by atoms with van der Waals surface area (Å²) in [6.07, 6.45) is 1.25. The molecule has 0 spiro atoms. The quantitative estimate of drug-likeness (QED) is 0.712. The minimum atomic E-state index is 0. The van der Waals surface area contributed by atoms with E-state index in [0.717, 1.165) is 12.5 Å². The zero-order valence-corrected chi connectivity index (χ0v) is 10.5. The van der Waals surface area contributed by atoms with E-state index < -0.39 is 0 Å². The number of hydrogen-bond acceptors (Lipinski definition) is 0. The molecule has 0 heterocycles. The average Bonchev–Trinajstić information content (AvgIpc) is 1.93. The van der Waals surface area contributed by atoms with Crippen LogP contribution in [0.1, 0.15) is 27.2 Å². The van der Waals surface area contributed by atoms with Crippen LogP contribution in [0.2, 0.25) is 0 Å². The average molecular weight is 313 g/mol. The molecule has 1 atom stereocenters. The first-order chi connectivity index (χ1) is 4.31. The predicted molar refractivity (Wildman–Crippen MR) is 44.6 cm³/mol. The van der Waals surface area contributed by atoms with Crippen molar-refractivity contribution in [2.75, 3.05) is 13.6 Å². The smallest absolute Gasteiger partial charge is 0.665 e. The van der Waals surface area contributed by atoms with Gasteiger partial charge in [0.25, 0.3) is 0 Å². The second-order valence-electron chi connectivity index (χ2n) is 2.01. The van der Waals surface area contributed by atoms with Gasteiger partial charge in [0, 0.05) is 0 Å². The molecule has 0 aromatic rings. The minimum Gasteiger partial charge on any atom is -0.665 e. The molecule has 0 N–H and O–H groups in total. The molecule has 2 heteroatoms. The Kier molecular flexibility index (Phi) is 27.7. The van der Waals surface area contributed by atoms with Crippen LogP contribution < -0.4 is 0 Å². The molecule has 1 nitrogen and oxygen atoms in total. The number of nitrogens with zero attached hydrogens (tertiary/aromatic N) is 1. The second kappa shape index (κ2) is 16.3. The zero-order valence-electron chi connectivity index (χ0n) is 7.55. The van der Waals surface area contributed by atoms with Crippen LogP contribution in [0.4, 0.5) is 0 Å². The summed E-state index contributed by atoms with van der Waals surface area (Å²) in [5.74, 6) is 0.782. The molecule has 0 aliphatic carbocycles. The van der Waals surface area contributed by atoms with Crippen molar-refractivity contribution in [2.45, 2.75) is 27.2 Å². The van der Waals surface area contributed by atoms with Crippen LogP contribution in [-0.2, 0) is 21.1 Å². The first-order valence-corrected chi connectivity index (χ1v) is 3.57. The fraction of sp³-hybridized carbons (Fsp3) is 0.875. The summed E-state index contributed by atoms with van der Waals surface area (Å²) in [7, 11) is 1.87. The van der Waals surface area contributed by atoms with Crippen molar-refractivity contribution < 1.29 is 21.1 Å². The number of rotatable bonds is 3. The van der Waals surface area contributed by atoms with E-state index in [1.54, 1.807) is 6.92 Å². The first kappa shape index (κ1) is 16.9. The molecule has 0 aliphatic rings. The summed E-state index contributed by atoms with van der Waals surface area (Å²) in [4.78, 5) is 0. The summed E-state index contributed by atoms with van der Waals surface area (Å²) in [6, 6.07) is 0. The van der Waals surface area contributed by atoms with Crippen LogP contribution in [-0.4, -0.2) is 13.6 Å². The molecule has 0 rings (SSSR count). The second-order valence-corrected chi connectivity index (χ2v) is 2.01. The predicted octanol–water partition coefficient (Wildman–Crippen LogP) is 2.87. The van der Waals surface area contributed by atoms with Gasteiger partial charge in [0.1, 0.15) is 0 Å². The maximum absolute atomic E-state index is 4.01. The van der Waals surface area contributed by atoms with E-state index in [9.17, 15) is 0 Å². The van der Waals surface area contributed by atoms with Gasteiger partial charge in [-0.25, -0.2) is 0 Å². The molecule has 62 valence electrons. The van der Waals surface area contributed by atoms with E-state index >= 15 is 0 Å². The van der Waals surface area contributed by atoms with Crippen LogP contribution in [0.15, 0.2) is 0 Å². The van der Waals surface area contributed by atoms with Crippen LogP contribution >= 0.6 is 0 Å². The molecule has 0 aromatic heterocycles. The molecule has 0 amide bonds. The third-order valence-electron chi connectivity index (χ3n) is 1.19. The Hall–Kier alpha value is 0.648. The number of hydrogen-bond donors (Lipinski definition) is 0. The SMILES string of the molecule is CCC(C)C[N-]C.[CH2-]C.[W+2]. The van der Waals surface area contributed by atoms with Gasteiger partial charge >= 0.3 is 21.1 Å². The van der Waals surface area contributed by atoms with E-state index in [-0.39, 0.29) is 21.1 Å². The monoisotopic (exact) mass is 313 g/mol. The van der Waals surface area contributed by atoms with Gasteiger partial charge in [-0.2, -0.15) is 14.0 Å². The van der Waals surface area contributed by atoms with Gasteiger partial charge in [-0.15, -0.1) is 6.54 Å². The van der Waals surface area contributed by atoms with E-state index in [0.29, 0.717) is 0 Å². The molecular weight excluding hydrogens is 294 g/mol. The Balaban J connectivity index is -0.000000149. The van der Waals surface area contributed by atoms with Gasteiger partial charge in [0.2, 0.25) is 0 Å². The third kappa shape index (κ3) is 15.9.